The predicted molar refractivity (Wildman–Crippen MR) is 186 cm³/mol. The standard InChI is InChI=1S/C34H40N4O5S3/c39-31(40)19-10-5-3-1-2-4-6-11-22-37-33(41)30(45-34(37)44)24-27-25-38(28-16-8-7-9-17-28)35-32(27)26-15-14-18-29(23-26)46(42,43)36-20-12-13-21-36/h7-9,14-18,23-25H,1-6,10-13,19-22H2,(H,39,40)/b30-24-. The normalized spacial score (nSPS) is 16.6. The number of hydrogen-bond donors (Lipinski definition) is 1. The van der Waals surface area contributed by atoms with E-state index in [9.17, 15) is 18.0 Å². The number of unbranched alkanes of at least 4 members (excludes halogenated alkanes) is 7. The number of hydrogen-bond acceptors (Lipinski definition) is 7. The zero-order valence-corrected chi connectivity index (χ0v) is 28.3. The van der Waals surface area contributed by atoms with Crippen molar-refractivity contribution in [3.63, 3.8) is 0 Å². The van der Waals surface area contributed by atoms with E-state index >= 15 is 0 Å². The number of carbonyl (C=O) groups is 2. The number of sulfonamides is 1. The van der Waals surface area contributed by atoms with Gasteiger partial charge in [0.25, 0.3) is 5.91 Å². The van der Waals surface area contributed by atoms with Crippen LogP contribution in [0.4, 0.5) is 0 Å². The SMILES string of the molecule is O=C(O)CCCCCCCCCCN1C(=O)/C(=C/c2cn(-c3ccccc3)nc2-c2cccc(S(=O)(=O)N3CCCC3)c2)SC1=S. The molecule has 0 saturated carbocycles. The number of benzene rings is 2. The summed E-state index contributed by atoms with van der Waals surface area (Å²) in [6.45, 7) is 1.62. The number of amides is 1. The maximum Gasteiger partial charge on any atom is 0.303 e. The molecule has 2 fully saturated rings. The molecule has 5 rings (SSSR count). The summed E-state index contributed by atoms with van der Waals surface area (Å²) in [5.74, 6) is -0.860. The van der Waals surface area contributed by atoms with Gasteiger partial charge < -0.3 is 5.11 Å². The number of para-hydroxylation sites is 1. The highest BCUT2D eigenvalue weighted by Crippen LogP contribution is 2.36. The van der Waals surface area contributed by atoms with Crippen LogP contribution in [0.15, 0.2) is 70.6 Å². The van der Waals surface area contributed by atoms with E-state index in [0.29, 0.717) is 45.7 Å². The highest BCUT2D eigenvalue weighted by atomic mass is 32.2. The maximum atomic E-state index is 13.5. The quantitative estimate of drug-likeness (QED) is 0.0967. The van der Waals surface area contributed by atoms with Gasteiger partial charge >= 0.3 is 5.97 Å². The fourth-order valence-electron chi connectivity index (χ4n) is 5.75. The lowest BCUT2D eigenvalue weighted by atomic mass is 10.1. The topological polar surface area (TPSA) is 113 Å². The molecule has 46 heavy (non-hydrogen) atoms. The Morgan fingerprint density at radius 2 is 1.61 bits per heavy atom. The predicted octanol–water partition coefficient (Wildman–Crippen LogP) is 7.12. The van der Waals surface area contributed by atoms with Crippen LogP contribution in [0.2, 0.25) is 0 Å². The number of rotatable bonds is 16. The maximum absolute atomic E-state index is 13.5. The molecule has 0 bridgehead atoms. The Hall–Kier alpha value is -3.32. The molecule has 1 amide bonds. The molecule has 2 aliphatic rings. The Bertz CT molecular complexity index is 1680. The summed E-state index contributed by atoms with van der Waals surface area (Å²) in [7, 11) is -3.61. The van der Waals surface area contributed by atoms with Gasteiger partial charge in [-0.1, -0.05) is 92.8 Å². The Labute approximate surface area is 280 Å². The van der Waals surface area contributed by atoms with E-state index in [1.807, 2.05) is 48.7 Å². The summed E-state index contributed by atoms with van der Waals surface area (Å²) in [6, 6.07) is 16.5. The summed E-state index contributed by atoms with van der Waals surface area (Å²) in [5, 5.41) is 13.6. The van der Waals surface area contributed by atoms with Crippen molar-refractivity contribution in [2.24, 2.45) is 0 Å². The van der Waals surface area contributed by atoms with E-state index in [1.54, 1.807) is 27.8 Å². The first-order chi connectivity index (χ1) is 22.2. The van der Waals surface area contributed by atoms with Crippen LogP contribution < -0.4 is 0 Å². The summed E-state index contributed by atoms with van der Waals surface area (Å²) < 4.78 is 30.5. The smallest absolute Gasteiger partial charge is 0.303 e. The number of thioether (sulfide) groups is 1. The lowest BCUT2D eigenvalue weighted by Gasteiger charge is -2.16. The van der Waals surface area contributed by atoms with E-state index in [-0.39, 0.29) is 17.2 Å². The van der Waals surface area contributed by atoms with Crippen molar-refractivity contribution in [3.05, 3.63) is 71.3 Å². The van der Waals surface area contributed by atoms with Crippen LogP contribution in [0.3, 0.4) is 0 Å². The first kappa shape index (κ1) is 34.0. The van der Waals surface area contributed by atoms with Crippen LogP contribution in [-0.2, 0) is 19.6 Å². The minimum Gasteiger partial charge on any atom is -0.481 e. The minimum absolute atomic E-state index is 0.128. The van der Waals surface area contributed by atoms with Gasteiger partial charge in [-0.3, -0.25) is 14.5 Å². The van der Waals surface area contributed by atoms with Crippen molar-refractivity contribution in [1.82, 2.24) is 19.0 Å². The number of nitrogens with zero attached hydrogens (tertiary/aromatic N) is 4. The molecule has 3 heterocycles. The first-order valence-corrected chi connectivity index (χ1v) is 18.6. The zero-order chi connectivity index (χ0) is 32.5. The third-order valence-electron chi connectivity index (χ3n) is 8.26. The highest BCUT2D eigenvalue weighted by molar-refractivity contribution is 8.26. The monoisotopic (exact) mass is 680 g/mol. The summed E-state index contributed by atoms with van der Waals surface area (Å²) in [6.07, 6.45) is 13.5. The number of thiocarbonyl (C=S) groups is 1. The molecule has 3 aromatic rings. The lowest BCUT2D eigenvalue weighted by Crippen LogP contribution is -2.29. The molecule has 2 saturated heterocycles. The van der Waals surface area contributed by atoms with Crippen molar-refractivity contribution in [2.45, 2.75) is 75.5 Å². The molecule has 0 atom stereocenters. The second-order valence-corrected chi connectivity index (χ2v) is 15.3. The van der Waals surface area contributed by atoms with Crippen LogP contribution in [0.25, 0.3) is 23.0 Å². The van der Waals surface area contributed by atoms with E-state index in [4.69, 9.17) is 22.4 Å². The van der Waals surface area contributed by atoms with Gasteiger partial charge in [-0.25, -0.2) is 13.1 Å². The molecule has 1 N–H and O–H groups in total. The third kappa shape index (κ3) is 8.52. The Balaban J connectivity index is 1.29. The van der Waals surface area contributed by atoms with Crippen molar-refractivity contribution < 1.29 is 23.1 Å². The van der Waals surface area contributed by atoms with E-state index in [2.05, 4.69) is 0 Å². The fraction of sp³-hybridized carbons (Fsp3) is 0.412. The van der Waals surface area contributed by atoms with Gasteiger partial charge in [-0.2, -0.15) is 9.40 Å². The second kappa shape index (κ2) is 16.0. The molecular weight excluding hydrogens is 641 g/mol. The van der Waals surface area contributed by atoms with E-state index < -0.39 is 16.0 Å². The van der Waals surface area contributed by atoms with Crippen molar-refractivity contribution in [2.75, 3.05) is 19.6 Å². The van der Waals surface area contributed by atoms with Crippen molar-refractivity contribution >= 4 is 56.3 Å². The van der Waals surface area contributed by atoms with Crippen LogP contribution >= 0.6 is 24.0 Å². The van der Waals surface area contributed by atoms with Gasteiger partial charge in [0.05, 0.1) is 15.5 Å². The second-order valence-electron chi connectivity index (χ2n) is 11.7. The number of carboxylic acid groups (broad SMARTS) is 1. The first-order valence-electron chi connectivity index (χ1n) is 16.0. The van der Waals surface area contributed by atoms with Gasteiger partial charge in [0, 0.05) is 43.4 Å². The molecule has 0 aliphatic carbocycles. The van der Waals surface area contributed by atoms with Gasteiger partial charge in [-0.15, -0.1) is 0 Å². The van der Waals surface area contributed by atoms with E-state index in [0.717, 1.165) is 69.9 Å². The molecular formula is C34H40N4O5S3. The average Bonchev–Trinajstić information content (AvgIpc) is 3.80. The lowest BCUT2D eigenvalue weighted by molar-refractivity contribution is -0.137. The molecule has 9 nitrogen and oxygen atoms in total. The molecule has 0 unspecified atom stereocenters. The Kier molecular flexibility index (Phi) is 11.8. The van der Waals surface area contributed by atoms with Crippen LogP contribution in [0.1, 0.15) is 76.2 Å². The number of aromatic nitrogens is 2. The molecule has 2 aromatic carbocycles. The molecule has 1 aromatic heterocycles. The fourth-order valence-corrected chi connectivity index (χ4v) is 8.62. The number of carboxylic acids is 1. The van der Waals surface area contributed by atoms with E-state index in [1.165, 1.54) is 16.1 Å². The van der Waals surface area contributed by atoms with Gasteiger partial charge in [0.1, 0.15) is 10.0 Å². The Morgan fingerprint density at radius 3 is 2.30 bits per heavy atom. The average molecular weight is 681 g/mol. The summed E-state index contributed by atoms with van der Waals surface area (Å²) >= 11 is 6.88. The molecule has 0 radical (unpaired) electrons. The van der Waals surface area contributed by atoms with Crippen LogP contribution in [0, 0.1) is 0 Å². The van der Waals surface area contributed by atoms with Crippen molar-refractivity contribution in [3.8, 4) is 16.9 Å². The summed E-state index contributed by atoms with van der Waals surface area (Å²) in [4.78, 5) is 26.5. The number of carbonyl (C=O) groups excluding carboxylic acids is 1. The van der Waals surface area contributed by atoms with Crippen LogP contribution in [-0.4, -0.2) is 68.3 Å². The van der Waals surface area contributed by atoms with Crippen LogP contribution in [0.5, 0.6) is 0 Å². The third-order valence-corrected chi connectivity index (χ3v) is 11.5. The molecule has 244 valence electrons. The molecule has 0 spiro atoms. The van der Waals surface area contributed by atoms with Gasteiger partial charge in [0.2, 0.25) is 10.0 Å². The highest BCUT2D eigenvalue weighted by Gasteiger charge is 2.32. The number of aliphatic carboxylic acids is 1. The molecule has 12 heteroatoms. The minimum atomic E-state index is -3.61. The van der Waals surface area contributed by atoms with Gasteiger partial charge in [0.15, 0.2) is 0 Å². The van der Waals surface area contributed by atoms with Crippen molar-refractivity contribution in [1.29, 1.82) is 0 Å². The molecule has 2 aliphatic heterocycles. The Morgan fingerprint density at radius 1 is 0.935 bits per heavy atom. The van der Waals surface area contributed by atoms with Gasteiger partial charge in [-0.05, 0) is 56.0 Å². The zero-order valence-electron chi connectivity index (χ0n) is 25.8. The summed E-state index contributed by atoms with van der Waals surface area (Å²) in [5.41, 5.74) is 2.77. The largest absolute Gasteiger partial charge is 0.481 e.